The van der Waals surface area contributed by atoms with Gasteiger partial charge in [0, 0.05) is 5.56 Å². The zero-order chi connectivity index (χ0) is 22.8. The van der Waals surface area contributed by atoms with Crippen molar-refractivity contribution in [1.29, 1.82) is 0 Å². The van der Waals surface area contributed by atoms with Crippen LogP contribution in [0.2, 0.25) is 0 Å². The molecule has 0 spiro atoms. The number of furan rings is 1. The fraction of sp³-hybridized carbons (Fsp3) is 0.0769. The highest BCUT2D eigenvalue weighted by Gasteiger charge is 2.39. The normalized spacial score (nSPS) is 14.7. The van der Waals surface area contributed by atoms with Gasteiger partial charge in [-0.2, -0.15) is 0 Å². The highest BCUT2D eigenvalue weighted by molar-refractivity contribution is 5.86. The molecule has 0 bridgehead atoms. The van der Waals surface area contributed by atoms with Gasteiger partial charge in [-0.15, -0.1) is 5.10 Å². The molecule has 0 radical (unpaired) electrons. The Bertz CT molecular complexity index is 1780. The Morgan fingerprint density at radius 2 is 1.82 bits per heavy atom. The quantitative estimate of drug-likeness (QED) is 0.340. The number of hydrogen-bond donors (Lipinski definition) is 0. The van der Waals surface area contributed by atoms with Crippen molar-refractivity contribution < 1.29 is 13.6 Å². The number of fused-ring (bicyclic) bond motifs is 6. The van der Waals surface area contributed by atoms with Crippen molar-refractivity contribution in [3.8, 4) is 23.0 Å². The molecule has 6 aromatic rings. The first kappa shape index (κ1) is 18.8. The minimum atomic E-state index is -0.625. The molecule has 0 fully saturated rings. The molecule has 34 heavy (non-hydrogen) atoms. The van der Waals surface area contributed by atoms with Crippen LogP contribution in [0.4, 0.5) is 0 Å². The van der Waals surface area contributed by atoms with Crippen molar-refractivity contribution >= 4 is 16.6 Å². The van der Waals surface area contributed by atoms with E-state index in [1.54, 1.807) is 29.2 Å². The third-order valence-electron chi connectivity index (χ3n) is 6.18. The highest BCUT2D eigenvalue weighted by Crippen LogP contribution is 2.48. The van der Waals surface area contributed by atoms with Crippen molar-refractivity contribution in [2.75, 3.05) is 0 Å². The lowest BCUT2D eigenvalue weighted by Crippen LogP contribution is -2.22. The van der Waals surface area contributed by atoms with Crippen LogP contribution in [0.15, 0.2) is 86.9 Å². The first-order chi connectivity index (χ1) is 16.7. The third kappa shape index (κ3) is 2.59. The van der Waals surface area contributed by atoms with Crippen LogP contribution in [0.1, 0.15) is 28.4 Å². The lowest BCUT2D eigenvalue weighted by molar-refractivity contribution is 0.406. The summed E-state index contributed by atoms with van der Waals surface area (Å²) >= 11 is 0. The van der Waals surface area contributed by atoms with Gasteiger partial charge in [0.1, 0.15) is 17.7 Å². The second-order valence-corrected chi connectivity index (χ2v) is 8.16. The summed E-state index contributed by atoms with van der Waals surface area (Å²) in [6.07, 6.45) is 3.14. The van der Waals surface area contributed by atoms with Crippen LogP contribution in [0.3, 0.4) is 0 Å². The first-order valence-corrected chi connectivity index (χ1v) is 10.8. The molecule has 4 aromatic heterocycles. The van der Waals surface area contributed by atoms with Crippen molar-refractivity contribution in [3.05, 3.63) is 106 Å². The predicted molar refractivity (Wildman–Crippen MR) is 123 cm³/mol. The van der Waals surface area contributed by atoms with Crippen LogP contribution in [0.5, 0.6) is 11.6 Å². The van der Waals surface area contributed by atoms with Gasteiger partial charge in [0.25, 0.3) is 0 Å². The Hall–Kier alpha value is -4.72. The van der Waals surface area contributed by atoms with Gasteiger partial charge in [0.15, 0.2) is 17.2 Å². The summed E-state index contributed by atoms with van der Waals surface area (Å²) in [7, 11) is 0. The number of aromatic nitrogens is 4. The molecule has 8 nitrogen and oxygen atoms in total. The van der Waals surface area contributed by atoms with Gasteiger partial charge >= 0.3 is 5.63 Å². The van der Waals surface area contributed by atoms with E-state index in [-0.39, 0.29) is 0 Å². The number of benzene rings is 2. The Morgan fingerprint density at radius 3 is 2.68 bits per heavy atom. The molecule has 0 saturated heterocycles. The molecule has 0 aliphatic carbocycles. The summed E-state index contributed by atoms with van der Waals surface area (Å²) < 4.78 is 19.3. The average Bonchev–Trinajstić information content (AvgIpc) is 3.53. The van der Waals surface area contributed by atoms with Gasteiger partial charge in [-0.05, 0) is 36.8 Å². The molecule has 1 aliphatic heterocycles. The Balaban J connectivity index is 1.55. The molecule has 7 rings (SSSR count). The van der Waals surface area contributed by atoms with Crippen LogP contribution in [0, 0.1) is 6.92 Å². The molecule has 1 unspecified atom stereocenters. The van der Waals surface area contributed by atoms with E-state index in [4.69, 9.17) is 18.6 Å². The van der Waals surface area contributed by atoms with Crippen LogP contribution in [-0.4, -0.2) is 19.6 Å². The largest absolute Gasteiger partial charge is 0.468 e. The van der Waals surface area contributed by atoms with Gasteiger partial charge in [-0.1, -0.05) is 36.4 Å². The molecular weight excluding hydrogens is 432 g/mol. The molecule has 8 heteroatoms. The Labute approximate surface area is 192 Å². The zero-order valence-electron chi connectivity index (χ0n) is 17.9. The Morgan fingerprint density at radius 1 is 0.971 bits per heavy atom. The van der Waals surface area contributed by atoms with Crippen molar-refractivity contribution in [2.24, 2.45) is 0 Å². The molecule has 0 amide bonds. The third-order valence-corrected chi connectivity index (χ3v) is 6.18. The molecule has 164 valence electrons. The number of hydrogen-bond acceptors (Lipinski definition) is 7. The maximum Gasteiger partial charge on any atom is 0.344 e. The monoisotopic (exact) mass is 448 g/mol. The standard InChI is InChI=1S/C26H16N4O4/c1-14-7-2-3-8-15(14)23-28-24-21-19(18-11-6-12-32-18)20-22(34-25(21)27-13-30(24)29-23)16-9-4-5-10-17(16)33-26(20)31/h2-13,19H,1H3. The van der Waals surface area contributed by atoms with Crippen LogP contribution in [-0.2, 0) is 0 Å². The Kier molecular flexibility index (Phi) is 3.81. The maximum atomic E-state index is 13.2. The van der Waals surface area contributed by atoms with Gasteiger partial charge in [0.2, 0.25) is 5.88 Å². The highest BCUT2D eigenvalue weighted by atomic mass is 16.5. The van der Waals surface area contributed by atoms with E-state index in [0.717, 1.165) is 11.1 Å². The zero-order valence-corrected chi connectivity index (χ0v) is 17.9. The molecule has 1 atom stereocenters. The second kappa shape index (κ2) is 6.89. The van der Waals surface area contributed by atoms with E-state index >= 15 is 0 Å². The minimum Gasteiger partial charge on any atom is -0.468 e. The summed E-state index contributed by atoms with van der Waals surface area (Å²) in [5.74, 6) is 1.25. The average molecular weight is 448 g/mol. The number of ether oxygens (including phenoxy) is 1. The number of rotatable bonds is 2. The summed E-state index contributed by atoms with van der Waals surface area (Å²) in [6, 6.07) is 18.8. The van der Waals surface area contributed by atoms with E-state index < -0.39 is 11.5 Å². The van der Waals surface area contributed by atoms with Gasteiger partial charge < -0.3 is 13.6 Å². The predicted octanol–water partition coefficient (Wildman–Crippen LogP) is 5.09. The van der Waals surface area contributed by atoms with Gasteiger partial charge in [0.05, 0.1) is 28.7 Å². The van der Waals surface area contributed by atoms with Crippen molar-refractivity contribution in [1.82, 2.24) is 19.6 Å². The van der Waals surface area contributed by atoms with E-state index in [9.17, 15) is 4.79 Å². The summed E-state index contributed by atoms with van der Waals surface area (Å²) in [5, 5.41) is 5.33. The van der Waals surface area contributed by atoms with Gasteiger partial charge in [-0.3, -0.25) is 0 Å². The van der Waals surface area contributed by atoms with Crippen LogP contribution in [0.25, 0.3) is 28.0 Å². The fourth-order valence-electron chi connectivity index (χ4n) is 4.61. The van der Waals surface area contributed by atoms with E-state index in [2.05, 4.69) is 10.1 Å². The topological polar surface area (TPSA) is 95.7 Å². The van der Waals surface area contributed by atoms with Crippen LogP contribution < -0.4 is 10.4 Å². The summed E-state index contributed by atoms with van der Waals surface area (Å²) in [6.45, 7) is 2.01. The van der Waals surface area contributed by atoms with Gasteiger partial charge in [-0.25, -0.2) is 19.3 Å². The summed E-state index contributed by atoms with van der Waals surface area (Å²) in [4.78, 5) is 22.6. The lowest BCUT2D eigenvalue weighted by atomic mass is 9.88. The fourth-order valence-corrected chi connectivity index (χ4v) is 4.61. The van der Waals surface area contributed by atoms with E-state index in [0.29, 0.717) is 51.0 Å². The molecule has 2 aromatic carbocycles. The smallest absolute Gasteiger partial charge is 0.344 e. The minimum absolute atomic E-state index is 0.344. The SMILES string of the molecule is Cc1ccccc1-c1nc2c3c(ncn2n1)Oc1c(c(=O)oc2ccccc12)C3c1ccco1. The van der Waals surface area contributed by atoms with Crippen molar-refractivity contribution in [2.45, 2.75) is 12.8 Å². The maximum absolute atomic E-state index is 13.2. The van der Waals surface area contributed by atoms with E-state index in [1.165, 1.54) is 0 Å². The summed E-state index contributed by atoms with van der Waals surface area (Å²) in [5.41, 5.74) is 3.38. The molecule has 0 N–H and O–H groups in total. The second-order valence-electron chi connectivity index (χ2n) is 8.16. The lowest BCUT2D eigenvalue weighted by Gasteiger charge is -2.25. The van der Waals surface area contributed by atoms with Crippen molar-refractivity contribution in [3.63, 3.8) is 0 Å². The number of aryl methyl sites for hydroxylation is 1. The first-order valence-electron chi connectivity index (χ1n) is 10.8. The molecule has 0 saturated carbocycles. The number of nitrogens with zero attached hydrogens (tertiary/aromatic N) is 4. The van der Waals surface area contributed by atoms with Crippen LogP contribution >= 0.6 is 0 Å². The molecular formula is C26H16N4O4. The number of para-hydroxylation sites is 1. The molecule has 5 heterocycles. The van der Waals surface area contributed by atoms with E-state index in [1.807, 2.05) is 55.5 Å². The molecule has 1 aliphatic rings.